The van der Waals surface area contributed by atoms with E-state index in [-0.39, 0.29) is 5.91 Å². The molecule has 1 aromatic rings. The number of hydrogen-bond acceptors (Lipinski definition) is 3. The fraction of sp³-hybridized carbons (Fsp3) is 0.625. The molecule has 2 rings (SSSR count). The summed E-state index contributed by atoms with van der Waals surface area (Å²) in [7, 11) is 0. The highest BCUT2D eigenvalue weighted by atomic mass is 32.1. The van der Waals surface area contributed by atoms with Crippen molar-refractivity contribution in [3.05, 3.63) is 21.4 Å². The molecule has 0 aliphatic carbocycles. The summed E-state index contributed by atoms with van der Waals surface area (Å²) in [6, 6.07) is 2.00. The smallest absolute Gasteiger partial charge is 0.308 e. The Kier molecular flexibility index (Phi) is 5.39. The van der Waals surface area contributed by atoms with Crippen LogP contribution < -0.4 is 0 Å². The van der Waals surface area contributed by atoms with Gasteiger partial charge in [-0.05, 0) is 37.3 Å². The number of rotatable bonds is 5. The quantitative estimate of drug-likeness (QED) is 0.908. The lowest BCUT2D eigenvalue weighted by Crippen LogP contribution is -2.42. The average molecular weight is 309 g/mol. The van der Waals surface area contributed by atoms with Crippen LogP contribution in [-0.2, 0) is 17.6 Å². The summed E-state index contributed by atoms with van der Waals surface area (Å²) < 4.78 is 0. The summed E-state index contributed by atoms with van der Waals surface area (Å²) in [6.07, 6.45) is 4.48. The van der Waals surface area contributed by atoms with E-state index >= 15 is 0 Å². The number of carbonyl (C=O) groups is 2. The Bertz CT molecular complexity index is 524. The van der Waals surface area contributed by atoms with Crippen LogP contribution >= 0.6 is 11.3 Å². The molecule has 0 aromatic carbocycles. The van der Waals surface area contributed by atoms with Gasteiger partial charge in [0, 0.05) is 18.0 Å². The molecule has 1 aromatic heterocycles. The van der Waals surface area contributed by atoms with E-state index in [0.29, 0.717) is 19.5 Å². The molecule has 1 atom stereocenters. The van der Waals surface area contributed by atoms with E-state index in [1.807, 2.05) is 6.07 Å². The molecule has 2 heterocycles. The maximum atomic E-state index is 12.6. The second kappa shape index (κ2) is 7.07. The summed E-state index contributed by atoms with van der Waals surface area (Å²) in [4.78, 5) is 27.5. The number of carboxylic acids is 1. The van der Waals surface area contributed by atoms with Crippen LogP contribution in [0.3, 0.4) is 0 Å². The van der Waals surface area contributed by atoms with Gasteiger partial charge < -0.3 is 10.0 Å². The first-order valence-electron chi connectivity index (χ1n) is 7.70. The zero-order valence-corrected chi connectivity index (χ0v) is 13.5. The topological polar surface area (TPSA) is 57.6 Å². The Labute approximate surface area is 129 Å². The van der Waals surface area contributed by atoms with Crippen LogP contribution in [0.4, 0.5) is 0 Å². The van der Waals surface area contributed by atoms with E-state index in [1.165, 1.54) is 10.4 Å². The van der Waals surface area contributed by atoms with Crippen molar-refractivity contribution in [3.63, 3.8) is 0 Å². The van der Waals surface area contributed by atoms with Gasteiger partial charge in [-0.2, -0.15) is 0 Å². The van der Waals surface area contributed by atoms with E-state index in [2.05, 4.69) is 13.8 Å². The normalized spacial score (nSPS) is 18.8. The zero-order chi connectivity index (χ0) is 15.4. The molecule has 0 saturated carbocycles. The third kappa shape index (κ3) is 3.64. The van der Waals surface area contributed by atoms with Gasteiger partial charge in [0.05, 0.1) is 10.8 Å². The molecule has 0 unspecified atom stereocenters. The van der Waals surface area contributed by atoms with Crippen LogP contribution in [0.2, 0.25) is 0 Å². The summed E-state index contributed by atoms with van der Waals surface area (Å²) in [6.45, 7) is 5.27. The van der Waals surface area contributed by atoms with Gasteiger partial charge >= 0.3 is 5.97 Å². The van der Waals surface area contributed by atoms with Crippen LogP contribution in [0.25, 0.3) is 0 Å². The number of amides is 1. The Balaban J connectivity index is 2.13. The van der Waals surface area contributed by atoms with Crippen LogP contribution in [-0.4, -0.2) is 35.0 Å². The van der Waals surface area contributed by atoms with E-state index in [1.54, 1.807) is 16.2 Å². The maximum absolute atomic E-state index is 12.6. The Morgan fingerprint density at radius 1 is 1.43 bits per heavy atom. The lowest BCUT2D eigenvalue weighted by atomic mass is 9.98. The fourth-order valence-corrected chi connectivity index (χ4v) is 4.15. The number of aryl methyl sites for hydroxylation is 2. The van der Waals surface area contributed by atoms with Crippen molar-refractivity contribution in [1.82, 2.24) is 4.90 Å². The number of carbonyl (C=O) groups excluding carboxylic acids is 1. The molecule has 0 bridgehead atoms. The summed E-state index contributed by atoms with van der Waals surface area (Å²) in [5.74, 6) is -1.20. The molecule has 5 heteroatoms. The predicted octanol–water partition coefficient (Wildman–Crippen LogP) is 3.20. The van der Waals surface area contributed by atoms with Gasteiger partial charge in [-0.25, -0.2) is 0 Å². The first kappa shape index (κ1) is 16.0. The lowest BCUT2D eigenvalue weighted by molar-refractivity contribution is -0.143. The number of nitrogens with zero attached hydrogens (tertiary/aromatic N) is 1. The van der Waals surface area contributed by atoms with Crippen molar-refractivity contribution in [1.29, 1.82) is 0 Å². The van der Waals surface area contributed by atoms with Gasteiger partial charge in [0.25, 0.3) is 5.91 Å². The molecule has 1 saturated heterocycles. The monoisotopic (exact) mass is 309 g/mol. The van der Waals surface area contributed by atoms with Gasteiger partial charge in [-0.15, -0.1) is 11.3 Å². The summed E-state index contributed by atoms with van der Waals surface area (Å²) >= 11 is 1.58. The molecular formula is C16H23NO3S. The molecule has 0 radical (unpaired) electrons. The highest BCUT2D eigenvalue weighted by Crippen LogP contribution is 2.27. The summed E-state index contributed by atoms with van der Waals surface area (Å²) in [5, 5.41) is 9.13. The Hall–Kier alpha value is -1.36. The minimum atomic E-state index is -0.792. The van der Waals surface area contributed by atoms with E-state index in [0.717, 1.165) is 30.6 Å². The number of likely N-dealkylation sites (tertiary alicyclic amines) is 1. The largest absolute Gasteiger partial charge is 0.481 e. The number of carboxylic acid groups (broad SMARTS) is 1. The van der Waals surface area contributed by atoms with Crippen molar-refractivity contribution < 1.29 is 14.7 Å². The van der Waals surface area contributed by atoms with E-state index in [4.69, 9.17) is 5.11 Å². The first-order valence-corrected chi connectivity index (χ1v) is 8.52. The molecule has 4 nitrogen and oxygen atoms in total. The Morgan fingerprint density at radius 3 is 2.81 bits per heavy atom. The predicted molar refractivity (Wildman–Crippen MR) is 84.0 cm³/mol. The van der Waals surface area contributed by atoms with Gasteiger partial charge in [-0.3, -0.25) is 9.59 Å². The van der Waals surface area contributed by atoms with Crippen molar-refractivity contribution in [3.8, 4) is 0 Å². The molecule has 1 amide bonds. The molecule has 1 aliphatic heterocycles. The van der Waals surface area contributed by atoms with Crippen LogP contribution in [0.15, 0.2) is 6.07 Å². The number of aliphatic carboxylic acids is 1. The van der Waals surface area contributed by atoms with E-state index < -0.39 is 11.9 Å². The molecule has 0 spiro atoms. The molecule has 116 valence electrons. The van der Waals surface area contributed by atoms with Gasteiger partial charge in [-0.1, -0.05) is 20.3 Å². The highest BCUT2D eigenvalue weighted by molar-refractivity contribution is 7.14. The summed E-state index contributed by atoms with van der Waals surface area (Å²) in [5.41, 5.74) is 1.26. The minimum absolute atomic E-state index is 0.00278. The molecule has 1 N–H and O–H groups in total. The van der Waals surface area contributed by atoms with Crippen molar-refractivity contribution >= 4 is 23.2 Å². The second-order valence-corrected chi connectivity index (χ2v) is 6.73. The lowest BCUT2D eigenvalue weighted by Gasteiger charge is -2.30. The minimum Gasteiger partial charge on any atom is -0.481 e. The van der Waals surface area contributed by atoms with Crippen molar-refractivity contribution in [2.45, 2.75) is 46.0 Å². The van der Waals surface area contributed by atoms with Crippen molar-refractivity contribution in [2.24, 2.45) is 5.92 Å². The SMILES string of the molecule is CCCc1sc(C(=O)N2CCC[C@@H](C(=O)O)C2)cc1CC. The number of piperidine rings is 1. The third-order valence-electron chi connectivity index (χ3n) is 4.02. The van der Waals surface area contributed by atoms with Crippen LogP contribution in [0.5, 0.6) is 0 Å². The molecule has 1 fully saturated rings. The third-order valence-corrected chi connectivity index (χ3v) is 5.25. The number of hydrogen-bond donors (Lipinski definition) is 1. The maximum Gasteiger partial charge on any atom is 0.308 e. The van der Waals surface area contributed by atoms with Gasteiger partial charge in [0.1, 0.15) is 0 Å². The molecular weight excluding hydrogens is 286 g/mol. The average Bonchev–Trinajstić information content (AvgIpc) is 2.90. The van der Waals surface area contributed by atoms with Crippen LogP contribution in [0.1, 0.15) is 53.2 Å². The van der Waals surface area contributed by atoms with E-state index in [9.17, 15) is 9.59 Å². The zero-order valence-electron chi connectivity index (χ0n) is 12.7. The Morgan fingerprint density at radius 2 is 2.19 bits per heavy atom. The highest BCUT2D eigenvalue weighted by Gasteiger charge is 2.29. The van der Waals surface area contributed by atoms with Gasteiger partial charge in [0.15, 0.2) is 0 Å². The van der Waals surface area contributed by atoms with Gasteiger partial charge in [0.2, 0.25) is 0 Å². The molecule has 1 aliphatic rings. The van der Waals surface area contributed by atoms with Crippen molar-refractivity contribution in [2.75, 3.05) is 13.1 Å². The number of thiophene rings is 1. The second-order valence-electron chi connectivity index (χ2n) is 5.59. The van der Waals surface area contributed by atoms with Crippen LogP contribution in [0, 0.1) is 5.92 Å². The molecule has 21 heavy (non-hydrogen) atoms. The fourth-order valence-electron chi connectivity index (χ4n) is 2.83. The first-order chi connectivity index (χ1) is 10.1. The standard InChI is InChI=1S/C16H23NO3S/c1-3-6-13-11(4-2)9-14(21-13)15(18)17-8-5-7-12(10-17)16(19)20/h9,12H,3-8,10H2,1-2H3,(H,19,20)/t12-/m1/s1.